The topological polar surface area (TPSA) is 116 Å². The third kappa shape index (κ3) is 5.39. The van der Waals surface area contributed by atoms with Crippen LogP contribution in [0.25, 0.3) is 5.69 Å². The van der Waals surface area contributed by atoms with Gasteiger partial charge < -0.3 is 19.8 Å². The van der Waals surface area contributed by atoms with Crippen LogP contribution in [0.3, 0.4) is 0 Å². The molecule has 0 aliphatic carbocycles. The molecule has 1 unspecified atom stereocenters. The Balaban J connectivity index is 1.72. The summed E-state index contributed by atoms with van der Waals surface area (Å²) in [5.74, 6) is -4.26. The molecule has 38 heavy (non-hydrogen) atoms. The summed E-state index contributed by atoms with van der Waals surface area (Å²) in [4.78, 5) is 17.0. The Morgan fingerprint density at radius 3 is 2.37 bits per heavy atom. The highest BCUT2D eigenvalue weighted by Crippen LogP contribution is 2.27. The second kappa shape index (κ2) is 10.5. The van der Waals surface area contributed by atoms with E-state index in [1.165, 1.54) is 24.3 Å². The number of aromatic nitrogens is 3. The number of aliphatic hydroxyl groups excluding tert-OH is 2. The first-order valence-corrected chi connectivity index (χ1v) is 11.1. The van der Waals surface area contributed by atoms with Crippen LogP contribution in [0.4, 0.5) is 22.0 Å². The number of carbonyl (C=O) groups is 1. The second-order valence-corrected chi connectivity index (χ2v) is 8.35. The van der Waals surface area contributed by atoms with Crippen molar-refractivity contribution in [1.82, 2.24) is 24.7 Å². The Bertz CT molecular complexity index is 1350. The molecule has 1 aliphatic rings. The molecule has 0 bridgehead atoms. The summed E-state index contributed by atoms with van der Waals surface area (Å²) in [6.07, 6.45) is -9.67. The minimum Gasteiger partial charge on any atom is -0.463 e. The van der Waals surface area contributed by atoms with Crippen molar-refractivity contribution in [3.05, 3.63) is 76.3 Å². The maximum Gasteiger partial charge on any atom is 0.416 e. The molecule has 0 saturated carbocycles. The van der Waals surface area contributed by atoms with Gasteiger partial charge in [-0.25, -0.2) is 28.3 Å². The van der Waals surface area contributed by atoms with E-state index in [0.29, 0.717) is 9.70 Å². The van der Waals surface area contributed by atoms with E-state index in [2.05, 4.69) is 19.9 Å². The van der Waals surface area contributed by atoms with E-state index in [4.69, 9.17) is 11.6 Å². The molecule has 0 fully saturated rings. The quantitative estimate of drug-likeness (QED) is 0.335. The fourth-order valence-corrected chi connectivity index (χ4v) is 3.67. The lowest BCUT2D eigenvalue weighted by molar-refractivity contribution is -0.212. The number of hydrogen-bond acceptors (Lipinski definition) is 9. The molecular formula is C22H18ClF5N6O4. The first-order chi connectivity index (χ1) is 17.9. The van der Waals surface area contributed by atoms with Crippen LogP contribution in [-0.2, 0) is 11.3 Å². The molecule has 2 aromatic carbocycles. The van der Waals surface area contributed by atoms with Crippen LogP contribution in [0, 0.1) is 11.6 Å². The Morgan fingerprint density at radius 2 is 1.79 bits per heavy atom. The van der Waals surface area contributed by atoms with Crippen molar-refractivity contribution in [2.45, 2.75) is 25.2 Å². The fourth-order valence-electron chi connectivity index (χ4n) is 3.55. The van der Waals surface area contributed by atoms with Crippen LogP contribution in [0.15, 0.2) is 47.6 Å². The van der Waals surface area contributed by atoms with E-state index in [1.54, 1.807) is 0 Å². The number of alkyl halides is 3. The minimum atomic E-state index is -4.99. The van der Waals surface area contributed by atoms with Crippen LogP contribution >= 0.6 is 11.6 Å². The Hall–Kier alpha value is -3.82. The number of esters is 1. The van der Waals surface area contributed by atoms with E-state index in [9.17, 15) is 37.0 Å². The van der Waals surface area contributed by atoms with E-state index in [-0.39, 0.29) is 17.2 Å². The monoisotopic (exact) mass is 560 g/mol. The van der Waals surface area contributed by atoms with Crippen molar-refractivity contribution >= 4 is 23.4 Å². The first-order valence-electron chi connectivity index (χ1n) is 10.7. The van der Waals surface area contributed by atoms with Gasteiger partial charge in [0.15, 0.2) is 29.4 Å². The van der Waals surface area contributed by atoms with Crippen molar-refractivity contribution in [1.29, 1.82) is 0 Å². The number of ether oxygens (including phenoxy) is 1. The number of nitrogens with zero attached hydrogens (tertiary/aromatic N) is 6. The van der Waals surface area contributed by atoms with Crippen LogP contribution in [-0.4, -0.2) is 79.0 Å². The Kier molecular flexibility index (Phi) is 7.53. The zero-order valence-electron chi connectivity index (χ0n) is 19.3. The summed E-state index contributed by atoms with van der Waals surface area (Å²) in [5, 5.41) is 29.7. The summed E-state index contributed by atoms with van der Waals surface area (Å²) in [5.41, 5.74) is -0.471. The molecule has 0 amide bonds. The third-order valence-corrected chi connectivity index (χ3v) is 5.61. The van der Waals surface area contributed by atoms with Gasteiger partial charge >= 0.3 is 12.1 Å². The average Bonchev–Trinajstić information content (AvgIpc) is 3.40. The van der Waals surface area contributed by atoms with Gasteiger partial charge in [-0.2, -0.15) is 18.3 Å². The number of methoxy groups -OCH3 is 1. The maximum atomic E-state index is 14.4. The molecule has 16 heteroatoms. The zero-order chi connectivity index (χ0) is 27.8. The number of carbonyl (C=O) groups excluding carboxylic acids is 1. The molecule has 202 valence electrons. The molecule has 0 radical (unpaired) electrons. The lowest BCUT2D eigenvalue weighted by Crippen LogP contribution is -2.49. The maximum absolute atomic E-state index is 14.4. The van der Waals surface area contributed by atoms with E-state index in [1.807, 2.05) is 0 Å². The zero-order valence-corrected chi connectivity index (χ0v) is 20.0. The number of hydrogen-bond donors (Lipinski definition) is 2. The van der Waals surface area contributed by atoms with E-state index in [0.717, 1.165) is 35.2 Å². The van der Waals surface area contributed by atoms with Crippen molar-refractivity contribution in [3.8, 4) is 5.69 Å². The molecule has 0 spiro atoms. The van der Waals surface area contributed by atoms with Crippen LogP contribution in [0.2, 0.25) is 5.02 Å². The number of amidine groups is 1. The molecule has 0 saturated heterocycles. The SMILES string of the molecule is COC(=O)c1nc(CN2N=C(c3ccc(Cl)cc3)N(C[C@H](O)C(F)(F)F)C2O)nn1-c1c(F)cccc1F. The summed E-state index contributed by atoms with van der Waals surface area (Å²) in [6.45, 7) is -1.61. The highest BCUT2D eigenvalue weighted by atomic mass is 35.5. The molecule has 10 nitrogen and oxygen atoms in total. The number of aliphatic hydroxyl groups is 2. The van der Waals surface area contributed by atoms with Gasteiger partial charge in [0, 0.05) is 10.6 Å². The number of hydrazone groups is 1. The van der Waals surface area contributed by atoms with Gasteiger partial charge in [-0.3, -0.25) is 0 Å². The van der Waals surface area contributed by atoms with Gasteiger partial charge in [0.05, 0.1) is 13.7 Å². The highest BCUT2D eigenvalue weighted by Gasteiger charge is 2.44. The van der Waals surface area contributed by atoms with Crippen LogP contribution in [0.5, 0.6) is 0 Å². The molecule has 2 heterocycles. The summed E-state index contributed by atoms with van der Waals surface area (Å²) < 4.78 is 73.3. The predicted molar refractivity (Wildman–Crippen MR) is 121 cm³/mol. The van der Waals surface area contributed by atoms with Gasteiger partial charge in [0.25, 0.3) is 0 Å². The van der Waals surface area contributed by atoms with Gasteiger partial charge in [0.1, 0.15) is 12.2 Å². The predicted octanol–water partition coefficient (Wildman–Crippen LogP) is 2.66. The second-order valence-electron chi connectivity index (χ2n) is 7.91. The minimum absolute atomic E-state index is 0.148. The number of rotatable bonds is 7. The molecule has 1 aromatic heterocycles. The highest BCUT2D eigenvalue weighted by molar-refractivity contribution is 6.30. The standard InChI is InChI=1S/C22H18ClF5N6O4/c1-38-20(36)19-29-16(30-34(19)17-13(24)3-2-4-14(17)25)10-33-21(37)32(9-15(35)22(26,27)28)18(31-33)11-5-7-12(23)8-6-11/h2-8,15,21,35,37H,9-10H2,1H3/t15-,21?/m0/s1. The van der Waals surface area contributed by atoms with Crippen molar-refractivity contribution in [2.75, 3.05) is 13.7 Å². The number of para-hydroxylation sites is 1. The number of halogens is 6. The number of β-amino-alcohol motifs (C(OH)–C–C–N with tert-alkyl or cyclic N) is 1. The van der Waals surface area contributed by atoms with Gasteiger partial charge in [-0.15, -0.1) is 5.10 Å². The van der Waals surface area contributed by atoms with Crippen molar-refractivity contribution in [3.63, 3.8) is 0 Å². The summed E-state index contributed by atoms with van der Waals surface area (Å²) in [6, 6.07) is 8.72. The first kappa shape index (κ1) is 27.2. The lowest BCUT2D eigenvalue weighted by Gasteiger charge is -2.29. The van der Waals surface area contributed by atoms with Gasteiger partial charge in [-0.05, 0) is 36.4 Å². The summed E-state index contributed by atoms with van der Waals surface area (Å²) >= 11 is 5.88. The van der Waals surface area contributed by atoms with E-state index >= 15 is 0 Å². The van der Waals surface area contributed by atoms with Crippen molar-refractivity contribution < 1.29 is 41.7 Å². The number of benzene rings is 2. The van der Waals surface area contributed by atoms with Crippen LogP contribution < -0.4 is 0 Å². The molecule has 3 aromatic rings. The smallest absolute Gasteiger partial charge is 0.416 e. The normalized spacial score (nSPS) is 16.6. The molecular weight excluding hydrogens is 543 g/mol. The largest absolute Gasteiger partial charge is 0.463 e. The molecule has 1 aliphatic heterocycles. The van der Waals surface area contributed by atoms with Gasteiger partial charge in [0.2, 0.25) is 12.2 Å². The molecule has 4 rings (SSSR count). The van der Waals surface area contributed by atoms with E-state index < -0.39 is 60.8 Å². The third-order valence-electron chi connectivity index (χ3n) is 5.36. The average molecular weight is 561 g/mol. The van der Waals surface area contributed by atoms with Crippen molar-refractivity contribution in [2.24, 2.45) is 5.10 Å². The lowest BCUT2D eigenvalue weighted by atomic mass is 10.2. The molecule has 2 atom stereocenters. The molecule has 2 N–H and O–H groups in total. The summed E-state index contributed by atoms with van der Waals surface area (Å²) in [7, 11) is 1.01. The van der Waals surface area contributed by atoms with Gasteiger partial charge in [-0.1, -0.05) is 17.7 Å². The Morgan fingerprint density at radius 1 is 1.16 bits per heavy atom. The fraction of sp³-hybridized carbons (Fsp3) is 0.273. The Labute approximate surface area is 216 Å². The van der Waals surface area contributed by atoms with Crippen LogP contribution in [0.1, 0.15) is 22.0 Å².